The number of halogens is 2. The first-order valence-corrected chi connectivity index (χ1v) is 8.90. The van der Waals surface area contributed by atoms with Gasteiger partial charge in [-0.2, -0.15) is 0 Å². The van der Waals surface area contributed by atoms with E-state index < -0.39 is 0 Å². The van der Waals surface area contributed by atoms with Crippen LogP contribution in [0.2, 0.25) is 10.0 Å². The van der Waals surface area contributed by atoms with Crippen LogP contribution in [-0.4, -0.2) is 20.5 Å². The van der Waals surface area contributed by atoms with E-state index in [1.165, 1.54) is 0 Å². The first-order valence-electron chi connectivity index (χ1n) is 8.14. The molecule has 0 aliphatic rings. The monoisotopic (exact) mass is 389 g/mol. The summed E-state index contributed by atoms with van der Waals surface area (Å²) in [5.41, 5.74) is 1.89. The van der Waals surface area contributed by atoms with Crippen molar-refractivity contribution in [3.05, 3.63) is 76.4 Å². The minimum Gasteiger partial charge on any atom is -0.461 e. The van der Waals surface area contributed by atoms with Crippen molar-refractivity contribution >= 4 is 29.2 Å². The van der Waals surface area contributed by atoms with Gasteiger partial charge in [-0.1, -0.05) is 35.3 Å². The maximum atomic E-state index is 11.9. The Morgan fingerprint density at radius 2 is 1.96 bits per heavy atom. The molecule has 2 heterocycles. The first-order chi connectivity index (χ1) is 12.6. The van der Waals surface area contributed by atoms with Gasteiger partial charge in [0, 0.05) is 30.6 Å². The van der Waals surface area contributed by atoms with Crippen LogP contribution in [0.1, 0.15) is 24.0 Å². The van der Waals surface area contributed by atoms with Crippen LogP contribution in [0.25, 0.3) is 5.82 Å². The van der Waals surface area contributed by atoms with E-state index >= 15 is 0 Å². The highest BCUT2D eigenvalue weighted by atomic mass is 35.5. The molecule has 0 fully saturated rings. The molecule has 0 radical (unpaired) electrons. The van der Waals surface area contributed by atoms with E-state index in [4.69, 9.17) is 27.9 Å². The molecule has 0 atom stereocenters. The summed E-state index contributed by atoms with van der Waals surface area (Å²) in [6.45, 7) is 0.211. The number of hydrogen-bond acceptors (Lipinski definition) is 4. The minimum atomic E-state index is -0.233. The van der Waals surface area contributed by atoms with Crippen molar-refractivity contribution in [2.75, 3.05) is 0 Å². The molecule has 1 aromatic carbocycles. The second kappa shape index (κ2) is 8.83. The van der Waals surface area contributed by atoms with Crippen molar-refractivity contribution in [2.45, 2.75) is 25.9 Å². The molecular weight excluding hydrogens is 373 g/mol. The molecule has 7 heteroatoms. The van der Waals surface area contributed by atoms with Gasteiger partial charge < -0.3 is 4.74 Å². The van der Waals surface area contributed by atoms with E-state index in [0.29, 0.717) is 22.9 Å². The first kappa shape index (κ1) is 18.4. The standard InChI is InChI=1S/C19H17Cl2N3O2/c20-16-6-4-14(10-17(16)21)2-1-3-19(25)26-12-15-5-7-18(23-11-15)24-9-8-22-13-24/h4-11,13H,1-3,12H2. The van der Waals surface area contributed by atoms with Crippen molar-refractivity contribution in [1.82, 2.24) is 14.5 Å². The van der Waals surface area contributed by atoms with Gasteiger partial charge in [-0.3, -0.25) is 9.36 Å². The summed E-state index contributed by atoms with van der Waals surface area (Å²) in [5.74, 6) is 0.531. The highest BCUT2D eigenvalue weighted by Gasteiger charge is 2.06. The second-order valence-corrected chi connectivity index (χ2v) is 6.57. The molecule has 0 saturated heterocycles. The number of pyridine rings is 1. The van der Waals surface area contributed by atoms with Gasteiger partial charge in [-0.25, -0.2) is 9.97 Å². The van der Waals surface area contributed by atoms with Crippen molar-refractivity contribution in [3.63, 3.8) is 0 Å². The molecule has 0 N–H and O–H groups in total. The van der Waals surface area contributed by atoms with Crippen molar-refractivity contribution in [3.8, 4) is 5.82 Å². The number of benzene rings is 1. The maximum absolute atomic E-state index is 11.9. The molecule has 26 heavy (non-hydrogen) atoms. The highest BCUT2D eigenvalue weighted by Crippen LogP contribution is 2.23. The quantitative estimate of drug-likeness (QED) is 0.552. The number of imidazole rings is 1. The summed E-state index contributed by atoms with van der Waals surface area (Å²) >= 11 is 11.9. The second-order valence-electron chi connectivity index (χ2n) is 5.76. The van der Waals surface area contributed by atoms with Crippen LogP contribution >= 0.6 is 23.2 Å². The van der Waals surface area contributed by atoms with Crippen LogP contribution in [0.3, 0.4) is 0 Å². The zero-order valence-electron chi connectivity index (χ0n) is 13.9. The minimum absolute atomic E-state index is 0.211. The van der Waals surface area contributed by atoms with E-state index in [-0.39, 0.29) is 12.6 Å². The molecule has 0 aliphatic carbocycles. The number of carbonyl (C=O) groups is 1. The van der Waals surface area contributed by atoms with E-state index in [1.807, 2.05) is 30.5 Å². The average molecular weight is 390 g/mol. The Kier molecular flexibility index (Phi) is 6.26. The van der Waals surface area contributed by atoms with Crippen LogP contribution in [0, 0.1) is 0 Å². The Morgan fingerprint density at radius 1 is 1.12 bits per heavy atom. The van der Waals surface area contributed by atoms with Crippen molar-refractivity contribution < 1.29 is 9.53 Å². The Labute approximate surface area is 161 Å². The third-order valence-corrected chi connectivity index (χ3v) is 4.55. The number of aryl methyl sites for hydroxylation is 1. The summed E-state index contributed by atoms with van der Waals surface area (Å²) in [6, 6.07) is 9.23. The Morgan fingerprint density at radius 3 is 2.65 bits per heavy atom. The van der Waals surface area contributed by atoms with Gasteiger partial charge in [0.25, 0.3) is 0 Å². The lowest BCUT2D eigenvalue weighted by Crippen LogP contribution is -2.05. The molecule has 0 aliphatic heterocycles. The average Bonchev–Trinajstić information content (AvgIpc) is 3.18. The van der Waals surface area contributed by atoms with Crippen molar-refractivity contribution in [2.24, 2.45) is 0 Å². The SMILES string of the molecule is O=C(CCCc1ccc(Cl)c(Cl)c1)OCc1ccc(-n2ccnc2)nc1. The zero-order valence-corrected chi connectivity index (χ0v) is 15.5. The van der Waals surface area contributed by atoms with Crippen molar-refractivity contribution in [1.29, 1.82) is 0 Å². The number of rotatable bonds is 7. The third-order valence-electron chi connectivity index (χ3n) is 3.81. The number of esters is 1. The smallest absolute Gasteiger partial charge is 0.306 e. The Bertz CT molecular complexity index is 865. The van der Waals surface area contributed by atoms with Crippen LogP contribution in [0.15, 0.2) is 55.2 Å². The molecule has 2 aromatic heterocycles. The van der Waals surface area contributed by atoms with E-state index in [9.17, 15) is 4.79 Å². The predicted molar refractivity (Wildman–Crippen MR) is 101 cm³/mol. The van der Waals surface area contributed by atoms with E-state index in [0.717, 1.165) is 23.4 Å². The van der Waals surface area contributed by atoms with Crippen LogP contribution in [-0.2, 0) is 22.6 Å². The fraction of sp³-hybridized carbons (Fsp3) is 0.211. The topological polar surface area (TPSA) is 57.0 Å². The van der Waals surface area contributed by atoms with Gasteiger partial charge >= 0.3 is 5.97 Å². The van der Waals surface area contributed by atoms with E-state index in [1.54, 1.807) is 29.4 Å². The third kappa shape index (κ3) is 5.07. The largest absolute Gasteiger partial charge is 0.461 e. The Hall–Kier alpha value is -2.37. The molecule has 0 unspecified atom stereocenters. The molecule has 3 rings (SSSR count). The van der Waals surface area contributed by atoms with Gasteiger partial charge in [-0.15, -0.1) is 0 Å². The molecule has 5 nitrogen and oxygen atoms in total. The van der Waals surface area contributed by atoms with E-state index in [2.05, 4.69) is 9.97 Å². The van der Waals surface area contributed by atoms with Crippen LogP contribution in [0.4, 0.5) is 0 Å². The summed E-state index contributed by atoms with van der Waals surface area (Å²) in [4.78, 5) is 20.2. The Balaban J connectivity index is 1.41. The normalized spacial score (nSPS) is 10.7. The summed E-state index contributed by atoms with van der Waals surface area (Å²) in [5, 5.41) is 1.06. The molecule has 0 amide bonds. The predicted octanol–water partition coefficient (Wildman–Crippen LogP) is 4.64. The number of nitrogens with zero attached hydrogens (tertiary/aromatic N) is 3. The summed E-state index contributed by atoms with van der Waals surface area (Å²) in [6.07, 6.45) is 8.65. The summed E-state index contributed by atoms with van der Waals surface area (Å²) < 4.78 is 7.10. The van der Waals surface area contributed by atoms with Gasteiger partial charge in [0.2, 0.25) is 0 Å². The number of hydrogen-bond donors (Lipinski definition) is 0. The fourth-order valence-corrected chi connectivity index (χ4v) is 2.74. The molecule has 0 bridgehead atoms. The van der Waals surface area contributed by atoms with Crippen LogP contribution in [0.5, 0.6) is 0 Å². The lowest BCUT2D eigenvalue weighted by Gasteiger charge is -2.07. The van der Waals surface area contributed by atoms with Gasteiger partial charge in [0.15, 0.2) is 0 Å². The molecule has 0 spiro atoms. The summed E-state index contributed by atoms with van der Waals surface area (Å²) in [7, 11) is 0. The molecule has 3 aromatic rings. The van der Waals surface area contributed by atoms with Crippen LogP contribution < -0.4 is 0 Å². The lowest BCUT2D eigenvalue weighted by atomic mass is 10.1. The fourth-order valence-electron chi connectivity index (χ4n) is 2.42. The van der Waals surface area contributed by atoms with Gasteiger partial charge in [-0.05, 0) is 36.6 Å². The zero-order chi connectivity index (χ0) is 18.4. The number of aromatic nitrogens is 3. The number of carbonyl (C=O) groups excluding carboxylic acids is 1. The number of ether oxygens (including phenoxy) is 1. The van der Waals surface area contributed by atoms with Gasteiger partial charge in [0.1, 0.15) is 18.8 Å². The lowest BCUT2D eigenvalue weighted by molar-refractivity contribution is -0.145. The van der Waals surface area contributed by atoms with Gasteiger partial charge in [0.05, 0.1) is 10.0 Å². The highest BCUT2D eigenvalue weighted by molar-refractivity contribution is 6.42. The molecule has 0 saturated carbocycles. The molecular formula is C19H17Cl2N3O2. The maximum Gasteiger partial charge on any atom is 0.306 e. The molecule has 134 valence electrons.